The summed E-state index contributed by atoms with van der Waals surface area (Å²) in [5, 5.41) is 10.4. The van der Waals surface area contributed by atoms with Gasteiger partial charge in [-0.25, -0.2) is 4.98 Å². The molecular formula is C19H22ClN5O2S. The fraction of sp³-hybridized carbons (Fsp3) is 0.316. The maximum Gasteiger partial charge on any atom is 0.269 e. The van der Waals surface area contributed by atoms with Gasteiger partial charge in [-0.15, -0.1) is 12.4 Å². The molecule has 0 saturated carbocycles. The highest BCUT2D eigenvalue weighted by Crippen LogP contribution is 2.32. The number of amides is 1. The maximum absolute atomic E-state index is 11.7. The molecule has 28 heavy (non-hydrogen) atoms. The number of thiazole rings is 1. The highest BCUT2D eigenvalue weighted by Gasteiger charge is 2.15. The number of halogens is 1. The Morgan fingerprint density at radius 1 is 1.29 bits per heavy atom. The van der Waals surface area contributed by atoms with Gasteiger partial charge in [-0.3, -0.25) is 9.78 Å². The predicted molar refractivity (Wildman–Crippen MR) is 114 cm³/mol. The molecule has 1 atom stereocenters. The van der Waals surface area contributed by atoms with Gasteiger partial charge in [0.2, 0.25) is 0 Å². The van der Waals surface area contributed by atoms with E-state index < -0.39 is 0 Å². The molecule has 1 aromatic carbocycles. The van der Waals surface area contributed by atoms with E-state index in [9.17, 15) is 4.79 Å². The van der Waals surface area contributed by atoms with Crippen LogP contribution in [0.5, 0.6) is 11.5 Å². The highest BCUT2D eigenvalue weighted by atomic mass is 35.5. The topological polar surface area (TPSA) is 88.2 Å². The Balaban J connectivity index is 0.00000225. The Hall–Kier alpha value is -2.42. The molecule has 4 rings (SSSR count). The first-order valence-electron chi connectivity index (χ1n) is 8.95. The van der Waals surface area contributed by atoms with Crippen molar-refractivity contribution in [2.45, 2.75) is 18.9 Å². The fourth-order valence-electron chi connectivity index (χ4n) is 3.04. The number of aromatic nitrogens is 2. The average molecular weight is 420 g/mol. The van der Waals surface area contributed by atoms with Gasteiger partial charge in [-0.2, -0.15) is 0 Å². The highest BCUT2D eigenvalue weighted by molar-refractivity contribution is 7.22. The number of piperidine rings is 1. The van der Waals surface area contributed by atoms with Gasteiger partial charge in [0.1, 0.15) is 17.2 Å². The molecule has 3 aromatic rings. The first kappa shape index (κ1) is 20.3. The van der Waals surface area contributed by atoms with Crippen LogP contribution in [0.1, 0.15) is 23.3 Å². The normalized spacial score (nSPS) is 16.2. The van der Waals surface area contributed by atoms with Gasteiger partial charge in [0, 0.05) is 38.0 Å². The number of benzene rings is 1. The second-order valence-corrected chi connectivity index (χ2v) is 7.42. The lowest BCUT2D eigenvalue weighted by Crippen LogP contribution is -2.38. The smallest absolute Gasteiger partial charge is 0.269 e. The Morgan fingerprint density at radius 3 is 2.93 bits per heavy atom. The molecular weight excluding hydrogens is 398 g/mol. The summed E-state index contributed by atoms with van der Waals surface area (Å²) in [6, 6.07) is 9.58. The minimum absolute atomic E-state index is 0. The van der Waals surface area contributed by atoms with Crippen LogP contribution in [0, 0.1) is 0 Å². The van der Waals surface area contributed by atoms with Crippen LogP contribution in [-0.2, 0) is 0 Å². The van der Waals surface area contributed by atoms with Crippen molar-refractivity contribution in [2.24, 2.45) is 0 Å². The van der Waals surface area contributed by atoms with Gasteiger partial charge in [0.05, 0.1) is 10.2 Å². The van der Waals surface area contributed by atoms with Crippen LogP contribution < -0.4 is 20.7 Å². The molecule has 1 aliphatic rings. The number of nitrogens with one attached hydrogen (secondary N) is 3. The molecule has 1 amide bonds. The van der Waals surface area contributed by atoms with Crippen LogP contribution in [-0.4, -0.2) is 42.1 Å². The molecule has 9 heteroatoms. The van der Waals surface area contributed by atoms with E-state index in [1.54, 1.807) is 36.7 Å². The number of carbonyl (C=O) groups excluding carboxylic acids is 1. The zero-order valence-electron chi connectivity index (χ0n) is 15.4. The summed E-state index contributed by atoms with van der Waals surface area (Å²) in [6.45, 7) is 2.06. The van der Waals surface area contributed by atoms with Crippen molar-refractivity contribution in [3.63, 3.8) is 0 Å². The van der Waals surface area contributed by atoms with Crippen molar-refractivity contribution in [1.82, 2.24) is 20.6 Å². The Labute approximate surface area is 173 Å². The quantitative estimate of drug-likeness (QED) is 0.587. The molecule has 3 heterocycles. The number of rotatable bonds is 5. The van der Waals surface area contributed by atoms with E-state index in [4.69, 9.17) is 4.74 Å². The number of anilines is 1. The van der Waals surface area contributed by atoms with Crippen LogP contribution in [0.25, 0.3) is 10.2 Å². The first-order valence-corrected chi connectivity index (χ1v) is 9.77. The third-order valence-electron chi connectivity index (χ3n) is 4.41. The van der Waals surface area contributed by atoms with E-state index in [1.165, 1.54) is 6.42 Å². The van der Waals surface area contributed by atoms with Crippen molar-refractivity contribution in [3.05, 3.63) is 42.2 Å². The molecule has 3 N–H and O–H groups in total. The number of hydrogen-bond acceptors (Lipinski definition) is 7. The van der Waals surface area contributed by atoms with E-state index in [0.717, 1.165) is 34.9 Å². The van der Waals surface area contributed by atoms with Gasteiger partial charge >= 0.3 is 0 Å². The number of ether oxygens (including phenoxy) is 1. The van der Waals surface area contributed by atoms with Crippen LogP contribution in [0.2, 0.25) is 0 Å². The molecule has 148 valence electrons. The molecule has 1 unspecified atom stereocenters. The molecule has 1 aliphatic heterocycles. The molecule has 0 radical (unpaired) electrons. The van der Waals surface area contributed by atoms with Crippen LogP contribution in [0.15, 0.2) is 36.5 Å². The van der Waals surface area contributed by atoms with Crippen LogP contribution >= 0.6 is 23.7 Å². The summed E-state index contributed by atoms with van der Waals surface area (Å²) in [5.41, 5.74) is 1.26. The summed E-state index contributed by atoms with van der Waals surface area (Å²) in [5.74, 6) is 1.02. The van der Waals surface area contributed by atoms with Gasteiger partial charge in [0.25, 0.3) is 5.91 Å². The standard InChI is InChI=1S/C19H21N5O2S.ClH/c1-20-18(25)16-9-14(6-8-22-16)26-13-4-5-15-17(10-13)27-19(24-15)23-12-3-2-7-21-11-12;/h4-6,8-10,12,21H,2-3,7,11H2,1H3,(H,20,25)(H,23,24);1H. The number of carbonyl (C=O) groups is 1. The van der Waals surface area contributed by atoms with Crippen LogP contribution in [0.4, 0.5) is 5.13 Å². The van der Waals surface area contributed by atoms with Gasteiger partial charge in [0.15, 0.2) is 5.13 Å². The molecule has 7 nitrogen and oxygen atoms in total. The molecule has 0 spiro atoms. The largest absolute Gasteiger partial charge is 0.457 e. The predicted octanol–water partition coefficient (Wildman–Crippen LogP) is 3.43. The molecule has 0 bridgehead atoms. The van der Waals surface area contributed by atoms with Crippen molar-refractivity contribution in [3.8, 4) is 11.5 Å². The third-order valence-corrected chi connectivity index (χ3v) is 5.36. The first-order chi connectivity index (χ1) is 13.2. The van der Waals surface area contributed by atoms with E-state index in [1.807, 2.05) is 18.2 Å². The molecule has 2 aromatic heterocycles. The number of pyridine rings is 1. The Bertz CT molecular complexity index is 958. The lowest BCUT2D eigenvalue weighted by molar-refractivity contribution is 0.0958. The Morgan fingerprint density at radius 2 is 2.14 bits per heavy atom. The zero-order valence-corrected chi connectivity index (χ0v) is 17.0. The second kappa shape index (κ2) is 9.18. The Kier molecular flexibility index (Phi) is 6.66. The molecule has 0 aliphatic carbocycles. The summed E-state index contributed by atoms with van der Waals surface area (Å²) >= 11 is 1.62. The summed E-state index contributed by atoms with van der Waals surface area (Å²) in [4.78, 5) is 20.4. The van der Waals surface area contributed by atoms with Crippen LogP contribution in [0.3, 0.4) is 0 Å². The van der Waals surface area contributed by atoms with Crippen molar-refractivity contribution in [2.75, 3.05) is 25.5 Å². The van der Waals surface area contributed by atoms with E-state index in [0.29, 0.717) is 23.2 Å². The lowest BCUT2D eigenvalue weighted by atomic mass is 10.1. The number of nitrogens with zero attached hydrogens (tertiary/aromatic N) is 2. The van der Waals surface area contributed by atoms with Crippen molar-refractivity contribution < 1.29 is 9.53 Å². The number of fused-ring (bicyclic) bond motifs is 1. The minimum Gasteiger partial charge on any atom is -0.457 e. The monoisotopic (exact) mass is 419 g/mol. The average Bonchev–Trinajstić information content (AvgIpc) is 3.10. The summed E-state index contributed by atoms with van der Waals surface area (Å²) < 4.78 is 6.96. The maximum atomic E-state index is 11.7. The SMILES string of the molecule is CNC(=O)c1cc(Oc2ccc3nc(NC4CCCNC4)sc3c2)ccn1.Cl. The van der Waals surface area contributed by atoms with E-state index in [2.05, 4.69) is 25.9 Å². The van der Waals surface area contributed by atoms with Gasteiger partial charge in [-0.05, 0) is 37.6 Å². The zero-order chi connectivity index (χ0) is 18.6. The second-order valence-electron chi connectivity index (χ2n) is 6.39. The van der Waals surface area contributed by atoms with E-state index >= 15 is 0 Å². The minimum atomic E-state index is -0.244. The number of hydrogen-bond donors (Lipinski definition) is 3. The summed E-state index contributed by atoms with van der Waals surface area (Å²) in [7, 11) is 1.57. The molecule has 1 fully saturated rings. The van der Waals surface area contributed by atoms with Crippen molar-refractivity contribution in [1.29, 1.82) is 0 Å². The van der Waals surface area contributed by atoms with Crippen molar-refractivity contribution >= 4 is 45.0 Å². The fourth-order valence-corrected chi connectivity index (χ4v) is 4.01. The third kappa shape index (κ3) is 4.70. The summed E-state index contributed by atoms with van der Waals surface area (Å²) in [6.07, 6.45) is 3.91. The van der Waals surface area contributed by atoms with Gasteiger partial charge in [-0.1, -0.05) is 11.3 Å². The van der Waals surface area contributed by atoms with Gasteiger partial charge < -0.3 is 20.7 Å². The van der Waals surface area contributed by atoms with E-state index in [-0.39, 0.29) is 18.3 Å². The molecule has 1 saturated heterocycles. The lowest BCUT2D eigenvalue weighted by Gasteiger charge is -2.23.